The van der Waals surface area contributed by atoms with Gasteiger partial charge in [-0.25, -0.2) is 4.68 Å². The molecule has 0 aliphatic heterocycles. The molecule has 0 unspecified atom stereocenters. The number of amides is 3. The number of hydrogen-bond donors (Lipinski definition) is 3. The fourth-order valence-electron chi connectivity index (χ4n) is 3.31. The molecule has 0 saturated carbocycles. The van der Waals surface area contributed by atoms with Gasteiger partial charge < -0.3 is 10.6 Å². The van der Waals surface area contributed by atoms with Crippen LogP contribution in [-0.2, 0) is 9.59 Å². The SMILES string of the molecule is Cc1cccc(NC(=O)c2cc3cc(Br)ccc3n2NC(=O)C(=O)Nc2ccc(Br)cc2Cl)c1. The Morgan fingerprint density at radius 1 is 0.853 bits per heavy atom. The Hall–Kier alpha value is -3.14. The molecule has 1 heterocycles. The van der Waals surface area contributed by atoms with Crippen molar-refractivity contribution in [3.05, 3.63) is 92.0 Å². The third-order valence-electron chi connectivity index (χ3n) is 4.87. The molecule has 10 heteroatoms. The van der Waals surface area contributed by atoms with E-state index in [1.54, 1.807) is 42.5 Å². The molecule has 34 heavy (non-hydrogen) atoms. The fraction of sp³-hybridized carbons (Fsp3) is 0.0417. The first-order valence-corrected chi connectivity index (χ1v) is 11.9. The van der Waals surface area contributed by atoms with Gasteiger partial charge in [-0.3, -0.25) is 19.8 Å². The second-order valence-electron chi connectivity index (χ2n) is 7.41. The molecule has 0 aliphatic rings. The van der Waals surface area contributed by atoms with Gasteiger partial charge in [0.25, 0.3) is 5.91 Å². The minimum Gasteiger partial charge on any atom is -0.321 e. The fourth-order valence-corrected chi connectivity index (χ4v) is 4.41. The Bertz CT molecular complexity index is 1450. The number of fused-ring (bicyclic) bond motifs is 1. The lowest BCUT2D eigenvalue weighted by atomic mass is 10.2. The summed E-state index contributed by atoms with van der Waals surface area (Å²) >= 11 is 12.8. The normalized spacial score (nSPS) is 10.7. The van der Waals surface area contributed by atoms with Crippen LogP contribution in [0.4, 0.5) is 11.4 Å². The van der Waals surface area contributed by atoms with Crippen LogP contribution in [0.2, 0.25) is 5.02 Å². The maximum absolute atomic E-state index is 13.1. The zero-order chi connectivity index (χ0) is 24.4. The van der Waals surface area contributed by atoms with Gasteiger partial charge in [0.05, 0.1) is 16.2 Å². The molecule has 3 amide bonds. The number of benzene rings is 3. The molecule has 4 aromatic rings. The molecule has 0 saturated heterocycles. The highest BCUT2D eigenvalue weighted by molar-refractivity contribution is 9.10. The molecule has 0 radical (unpaired) electrons. The smallest absolute Gasteiger partial charge is 0.321 e. The average molecular weight is 605 g/mol. The molecule has 0 spiro atoms. The lowest BCUT2D eigenvalue weighted by Crippen LogP contribution is -2.36. The van der Waals surface area contributed by atoms with Gasteiger partial charge in [-0.1, -0.05) is 55.6 Å². The van der Waals surface area contributed by atoms with Crippen LogP contribution in [0.15, 0.2) is 75.7 Å². The Balaban J connectivity index is 1.63. The maximum Gasteiger partial charge on any atom is 0.328 e. The van der Waals surface area contributed by atoms with Crippen molar-refractivity contribution in [2.45, 2.75) is 6.92 Å². The van der Waals surface area contributed by atoms with Crippen molar-refractivity contribution in [1.82, 2.24) is 4.68 Å². The predicted octanol–water partition coefficient (Wildman–Crippen LogP) is 6.09. The molecule has 7 nitrogen and oxygen atoms in total. The molecule has 4 rings (SSSR count). The van der Waals surface area contributed by atoms with Crippen molar-refractivity contribution in [3.8, 4) is 0 Å². The molecule has 172 valence electrons. The van der Waals surface area contributed by atoms with E-state index >= 15 is 0 Å². The molecule has 3 aromatic carbocycles. The molecule has 0 bridgehead atoms. The van der Waals surface area contributed by atoms with Crippen molar-refractivity contribution in [3.63, 3.8) is 0 Å². The van der Waals surface area contributed by atoms with Crippen LogP contribution in [0.1, 0.15) is 16.1 Å². The van der Waals surface area contributed by atoms with E-state index in [-0.39, 0.29) is 16.4 Å². The minimum absolute atomic E-state index is 0.150. The van der Waals surface area contributed by atoms with E-state index in [0.717, 1.165) is 14.5 Å². The number of carbonyl (C=O) groups is 3. The highest BCUT2D eigenvalue weighted by atomic mass is 79.9. The quantitative estimate of drug-likeness (QED) is 0.246. The molecule has 0 fully saturated rings. The zero-order valence-corrected chi connectivity index (χ0v) is 21.6. The van der Waals surface area contributed by atoms with Crippen molar-refractivity contribution < 1.29 is 14.4 Å². The van der Waals surface area contributed by atoms with Crippen LogP contribution in [-0.4, -0.2) is 22.4 Å². The number of aromatic nitrogens is 1. The summed E-state index contributed by atoms with van der Waals surface area (Å²) in [6.07, 6.45) is 0. The molecule has 0 aliphatic carbocycles. The number of halogens is 3. The van der Waals surface area contributed by atoms with E-state index < -0.39 is 17.7 Å². The first kappa shape index (κ1) is 24.0. The number of rotatable bonds is 4. The second-order valence-corrected chi connectivity index (χ2v) is 9.65. The number of nitrogens with zero attached hydrogens (tertiary/aromatic N) is 1. The lowest BCUT2D eigenvalue weighted by molar-refractivity contribution is -0.133. The van der Waals surface area contributed by atoms with E-state index in [0.29, 0.717) is 16.6 Å². The summed E-state index contributed by atoms with van der Waals surface area (Å²) in [6.45, 7) is 1.92. The monoisotopic (exact) mass is 602 g/mol. The van der Waals surface area contributed by atoms with Crippen LogP contribution < -0.4 is 16.1 Å². The van der Waals surface area contributed by atoms with Crippen LogP contribution >= 0.6 is 43.5 Å². The van der Waals surface area contributed by atoms with Gasteiger partial charge in [-0.15, -0.1) is 0 Å². The van der Waals surface area contributed by atoms with Gasteiger partial charge >= 0.3 is 11.8 Å². The average Bonchev–Trinajstić information content (AvgIpc) is 3.13. The van der Waals surface area contributed by atoms with Crippen molar-refractivity contribution >= 4 is 83.5 Å². The van der Waals surface area contributed by atoms with Crippen LogP contribution in [0.3, 0.4) is 0 Å². The standard InChI is InChI=1S/C24H17Br2ClN4O3/c1-13-3-2-4-17(9-13)28-22(32)21-11-14-10-15(25)6-8-20(14)31(21)30-24(34)23(33)29-19-7-5-16(26)12-18(19)27/h2-12H,1H3,(H,28,32)(H,29,33)(H,30,34). The number of aryl methyl sites for hydroxylation is 1. The third kappa shape index (κ3) is 5.32. The van der Waals surface area contributed by atoms with Gasteiger partial charge in [-0.2, -0.15) is 0 Å². The first-order chi connectivity index (χ1) is 16.2. The minimum atomic E-state index is -0.969. The Morgan fingerprint density at radius 2 is 1.59 bits per heavy atom. The van der Waals surface area contributed by atoms with Crippen molar-refractivity contribution in [1.29, 1.82) is 0 Å². The van der Waals surface area contributed by atoms with Gasteiger partial charge in [0, 0.05) is 20.0 Å². The third-order valence-corrected chi connectivity index (χ3v) is 6.17. The van der Waals surface area contributed by atoms with Gasteiger partial charge in [0.15, 0.2) is 0 Å². The summed E-state index contributed by atoms with van der Waals surface area (Å²) in [5, 5.41) is 6.26. The van der Waals surface area contributed by atoms with E-state index in [1.807, 2.05) is 31.2 Å². The van der Waals surface area contributed by atoms with E-state index in [4.69, 9.17) is 11.6 Å². The molecule has 0 atom stereocenters. The largest absolute Gasteiger partial charge is 0.328 e. The zero-order valence-electron chi connectivity index (χ0n) is 17.7. The van der Waals surface area contributed by atoms with Crippen molar-refractivity contribution in [2.75, 3.05) is 16.1 Å². The van der Waals surface area contributed by atoms with Gasteiger partial charge in [-0.05, 0) is 67.1 Å². The van der Waals surface area contributed by atoms with Crippen molar-refractivity contribution in [2.24, 2.45) is 0 Å². The summed E-state index contributed by atoms with van der Waals surface area (Å²) < 4.78 is 2.82. The van der Waals surface area contributed by atoms with Gasteiger partial charge in [0.1, 0.15) is 5.69 Å². The Kier molecular flexibility index (Phi) is 7.06. The van der Waals surface area contributed by atoms with E-state index in [9.17, 15) is 14.4 Å². The summed E-state index contributed by atoms with van der Waals surface area (Å²) in [4.78, 5) is 38.4. The summed E-state index contributed by atoms with van der Waals surface area (Å²) in [5.74, 6) is -2.35. The van der Waals surface area contributed by atoms with Crippen LogP contribution in [0.25, 0.3) is 10.9 Å². The maximum atomic E-state index is 13.1. The molecule has 3 N–H and O–H groups in total. The first-order valence-electron chi connectivity index (χ1n) is 9.97. The van der Waals surface area contributed by atoms with Gasteiger partial charge in [0.2, 0.25) is 0 Å². The number of nitrogens with one attached hydrogen (secondary N) is 3. The van der Waals surface area contributed by atoms with E-state index in [2.05, 4.69) is 47.9 Å². The van der Waals surface area contributed by atoms with E-state index in [1.165, 1.54) is 4.68 Å². The summed E-state index contributed by atoms with van der Waals surface area (Å²) in [5.41, 5.74) is 5.09. The number of anilines is 2. The number of hydrogen-bond acceptors (Lipinski definition) is 3. The highest BCUT2D eigenvalue weighted by Gasteiger charge is 2.22. The number of carbonyl (C=O) groups excluding carboxylic acids is 3. The van der Waals surface area contributed by atoms with Crippen LogP contribution in [0, 0.1) is 6.92 Å². The topological polar surface area (TPSA) is 92.2 Å². The summed E-state index contributed by atoms with van der Waals surface area (Å²) in [6, 6.07) is 19.1. The predicted molar refractivity (Wildman–Crippen MR) is 141 cm³/mol. The lowest BCUT2D eigenvalue weighted by Gasteiger charge is -2.13. The second kappa shape index (κ2) is 10.0. The Morgan fingerprint density at radius 3 is 2.32 bits per heavy atom. The summed E-state index contributed by atoms with van der Waals surface area (Å²) in [7, 11) is 0. The molecular formula is C24H17Br2ClN4O3. The molecule has 1 aromatic heterocycles. The molecular weight excluding hydrogens is 588 g/mol. The van der Waals surface area contributed by atoms with Crippen LogP contribution in [0.5, 0.6) is 0 Å². The highest BCUT2D eigenvalue weighted by Crippen LogP contribution is 2.26. The Labute approximate surface area is 216 Å².